The molecule has 4 unspecified atom stereocenters. The summed E-state index contributed by atoms with van der Waals surface area (Å²) < 4.78 is 0. The molecular weight excluding hydrogens is 222 g/mol. The molecule has 0 aromatic carbocycles. The number of aliphatic hydroxyl groups is 1. The summed E-state index contributed by atoms with van der Waals surface area (Å²) >= 11 is 0. The van der Waals surface area contributed by atoms with Crippen molar-refractivity contribution in [1.82, 2.24) is 4.90 Å². The summed E-state index contributed by atoms with van der Waals surface area (Å²) in [5.41, 5.74) is 0. The number of hydrogen-bond donors (Lipinski definition) is 1. The number of likely N-dealkylation sites (tertiary alicyclic amines) is 1. The molecule has 2 heteroatoms. The molecule has 4 atom stereocenters. The molecule has 2 nitrogen and oxygen atoms in total. The van der Waals surface area contributed by atoms with Crippen LogP contribution in [0, 0.1) is 11.8 Å². The summed E-state index contributed by atoms with van der Waals surface area (Å²) in [4.78, 5) is 2.61. The van der Waals surface area contributed by atoms with Gasteiger partial charge < -0.3 is 5.11 Å². The van der Waals surface area contributed by atoms with Crippen molar-refractivity contribution in [3.05, 3.63) is 0 Å². The lowest BCUT2D eigenvalue weighted by molar-refractivity contribution is 0.00260. The Balaban J connectivity index is 1.91. The van der Waals surface area contributed by atoms with Crippen LogP contribution in [0.5, 0.6) is 0 Å². The van der Waals surface area contributed by atoms with E-state index >= 15 is 0 Å². The van der Waals surface area contributed by atoms with E-state index in [2.05, 4.69) is 18.7 Å². The largest absolute Gasteiger partial charge is 0.391 e. The van der Waals surface area contributed by atoms with E-state index in [1.807, 2.05) is 0 Å². The maximum atomic E-state index is 10.3. The van der Waals surface area contributed by atoms with Crippen LogP contribution in [0.25, 0.3) is 0 Å². The summed E-state index contributed by atoms with van der Waals surface area (Å²) in [6, 6.07) is 0.459. The van der Waals surface area contributed by atoms with E-state index in [0.717, 1.165) is 18.3 Å². The Hall–Kier alpha value is -0.0800. The molecule has 0 radical (unpaired) electrons. The van der Waals surface area contributed by atoms with Crippen LogP contribution in [0.4, 0.5) is 0 Å². The normalized spacial score (nSPS) is 39.5. The SMILES string of the molecule is CCCC1CCC(O)C(N2CCCC(C)CC2)C1. The average Bonchev–Trinajstić information content (AvgIpc) is 2.57. The number of rotatable bonds is 3. The van der Waals surface area contributed by atoms with Gasteiger partial charge in [-0.05, 0) is 63.5 Å². The molecule has 0 aromatic rings. The van der Waals surface area contributed by atoms with Gasteiger partial charge in [0.15, 0.2) is 0 Å². The van der Waals surface area contributed by atoms with Crippen LogP contribution in [0.2, 0.25) is 0 Å². The summed E-state index contributed by atoms with van der Waals surface area (Å²) in [5.74, 6) is 1.74. The van der Waals surface area contributed by atoms with Crippen molar-refractivity contribution in [2.45, 2.75) is 77.4 Å². The highest BCUT2D eigenvalue weighted by atomic mass is 16.3. The first-order chi connectivity index (χ1) is 8.70. The van der Waals surface area contributed by atoms with E-state index < -0.39 is 0 Å². The zero-order chi connectivity index (χ0) is 13.0. The predicted octanol–water partition coefficient (Wildman–Crippen LogP) is 3.44. The molecule has 1 N–H and O–H groups in total. The lowest BCUT2D eigenvalue weighted by Gasteiger charge is -2.40. The molecule has 1 aliphatic heterocycles. The van der Waals surface area contributed by atoms with E-state index in [1.54, 1.807) is 0 Å². The second-order valence-corrected chi connectivity index (χ2v) is 6.67. The minimum atomic E-state index is -0.0634. The Morgan fingerprint density at radius 3 is 2.72 bits per heavy atom. The summed E-state index contributed by atoms with van der Waals surface area (Å²) in [6.07, 6.45) is 10.1. The molecule has 1 heterocycles. The molecule has 1 saturated carbocycles. The molecule has 0 spiro atoms. The maximum Gasteiger partial charge on any atom is 0.0695 e. The summed E-state index contributed by atoms with van der Waals surface area (Å²) in [7, 11) is 0. The predicted molar refractivity (Wildman–Crippen MR) is 76.6 cm³/mol. The molecule has 2 rings (SSSR count). The minimum absolute atomic E-state index is 0.0634. The van der Waals surface area contributed by atoms with Crippen LogP contribution in [0.15, 0.2) is 0 Å². The molecule has 106 valence electrons. The first-order valence-electron chi connectivity index (χ1n) is 8.12. The van der Waals surface area contributed by atoms with E-state index in [-0.39, 0.29) is 6.10 Å². The Labute approximate surface area is 113 Å². The third kappa shape index (κ3) is 3.71. The summed E-state index contributed by atoms with van der Waals surface area (Å²) in [6.45, 7) is 7.08. The fourth-order valence-electron chi connectivity index (χ4n) is 3.90. The standard InChI is InChI=1S/C16H31NO/c1-3-5-14-7-8-16(18)15(12-14)17-10-4-6-13(2)9-11-17/h13-16,18H,3-12H2,1-2H3. The highest BCUT2D eigenvalue weighted by Crippen LogP contribution is 2.32. The molecule has 2 aliphatic rings. The Morgan fingerprint density at radius 1 is 1.11 bits per heavy atom. The fourth-order valence-corrected chi connectivity index (χ4v) is 3.90. The van der Waals surface area contributed by atoms with Gasteiger partial charge in [-0.2, -0.15) is 0 Å². The van der Waals surface area contributed by atoms with Gasteiger partial charge in [0.1, 0.15) is 0 Å². The number of aliphatic hydroxyl groups excluding tert-OH is 1. The second kappa shape index (κ2) is 6.91. The van der Waals surface area contributed by atoms with Gasteiger partial charge in [-0.3, -0.25) is 4.90 Å². The molecule has 0 aromatic heterocycles. The molecule has 1 saturated heterocycles. The molecule has 18 heavy (non-hydrogen) atoms. The quantitative estimate of drug-likeness (QED) is 0.833. The first kappa shape index (κ1) is 14.3. The van der Waals surface area contributed by atoms with Gasteiger partial charge in [0.25, 0.3) is 0 Å². The van der Waals surface area contributed by atoms with Crippen molar-refractivity contribution in [1.29, 1.82) is 0 Å². The zero-order valence-corrected chi connectivity index (χ0v) is 12.3. The smallest absolute Gasteiger partial charge is 0.0695 e. The van der Waals surface area contributed by atoms with Crippen molar-refractivity contribution in [3.8, 4) is 0 Å². The van der Waals surface area contributed by atoms with Crippen molar-refractivity contribution in [3.63, 3.8) is 0 Å². The molecular formula is C16H31NO. The molecule has 1 aliphatic carbocycles. The van der Waals surface area contributed by atoms with Gasteiger partial charge in [0.2, 0.25) is 0 Å². The van der Waals surface area contributed by atoms with Gasteiger partial charge in [-0.1, -0.05) is 26.7 Å². The Bertz CT molecular complexity index is 243. The van der Waals surface area contributed by atoms with Crippen molar-refractivity contribution < 1.29 is 5.11 Å². The highest BCUT2D eigenvalue weighted by molar-refractivity contribution is 4.87. The van der Waals surface area contributed by atoms with Gasteiger partial charge in [0, 0.05) is 6.04 Å². The van der Waals surface area contributed by atoms with Gasteiger partial charge in [-0.25, -0.2) is 0 Å². The lowest BCUT2D eigenvalue weighted by Crippen LogP contribution is -2.47. The van der Waals surface area contributed by atoms with Crippen LogP contribution in [0.3, 0.4) is 0 Å². The molecule has 0 bridgehead atoms. The van der Waals surface area contributed by atoms with Crippen molar-refractivity contribution in [2.24, 2.45) is 11.8 Å². The van der Waals surface area contributed by atoms with Crippen LogP contribution in [-0.2, 0) is 0 Å². The van der Waals surface area contributed by atoms with Gasteiger partial charge in [0.05, 0.1) is 6.10 Å². The van der Waals surface area contributed by atoms with Crippen LogP contribution >= 0.6 is 0 Å². The zero-order valence-electron chi connectivity index (χ0n) is 12.3. The summed E-state index contributed by atoms with van der Waals surface area (Å²) in [5, 5.41) is 10.3. The van der Waals surface area contributed by atoms with E-state index in [0.29, 0.717) is 6.04 Å². The van der Waals surface area contributed by atoms with Crippen molar-refractivity contribution in [2.75, 3.05) is 13.1 Å². The topological polar surface area (TPSA) is 23.5 Å². The fraction of sp³-hybridized carbons (Fsp3) is 1.00. The number of nitrogens with zero attached hydrogens (tertiary/aromatic N) is 1. The van der Waals surface area contributed by atoms with E-state index in [1.165, 1.54) is 58.0 Å². The maximum absolute atomic E-state index is 10.3. The van der Waals surface area contributed by atoms with Crippen LogP contribution in [0.1, 0.15) is 65.2 Å². The average molecular weight is 253 g/mol. The Kier molecular flexibility index (Phi) is 5.50. The second-order valence-electron chi connectivity index (χ2n) is 6.67. The van der Waals surface area contributed by atoms with Gasteiger partial charge in [-0.15, -0.1) is 0 Å². The lowest BCUT2D eigenvalue weighted by atomic mass is 9.80. The third-order valence-electron chi connectivity index (χ3n) is 5.11. The van der Waals surface area contributed by atoms with Crippen LogP contribution < -0.4 is 0 Å². The molecule has 0 amide bonds. The monoisotopic (exact) mass is 253 g/mol. The Morgan fingerprint density at radius 2 is 1.94 bits per heavy atom. The van der Waals surface area contributed by atoms with E-state index in [9.17, 15) is 5.11 Å². The van der Waals surface area contributed by atoms with Crippen molar-refractivity contribution >= 4 is 0 Å². The highest BCUT2D eigenvalue weighted by Gasteiger charge is 2.33. The third-order valence-corrected chi connectivity index (χ3v) is 5.11. The van der Waals surface area contributed by atoms with Crippen LogP contribution in [-0.4, -0.2) is 35.2 Å². The number of hydrogen-bond acceptors (Lipinski definition) is 2. The van der Waals surface area contributed by atoms with E-state index in [4.69, 9.17) is 0 Å². The first-order valence-corrected chi connectivity index (χ1v) is 8.12. The van der Waals surface area contributed by atoms with Gasteiger partial charge >= 0.3 is 0 Å². The minimum Gasteiger partial charge on any atom is -0.391 e. The molecule has 2 fully saturated rings.